The molecule has 5 saturated heterocycles. The van der Waals surface area contributed by atoms with Crippen molar-refractivity contribution in [1.82, 2.24) is 0 Å². The summed E-state index contributed by atoms with van der Waals surface area (Å²) in [6.45, 7) is 18.1. The van der Waals surface area contributed by atoms with E-state index in [4.69, 9.17) is 47.4 Å². The topological polar surface area (TPSA) is 355 Å². The highest BCUT2D eigenvalue weighted by molar-refractivity contribution is 5.24. The van der Waals surface area contributed by atoms with Gasteiger partial charge in [-0.15, -0.1) is 6.58 Å². The summed E-state index contributed by atoms with van der Waals surface area (Å²) in [6.07, 6.45) is -29.0. The first-order chi connectivity index (χ1) is 33.7. The molecule has 0 bridgehead atoms. The summed E-state index contributed by atoms with van der Waals surface area (Å²) in [5.41, 5.74) is -1.02. The quantitative estimate of drug-likeness (QED) is 0.0743. The van der Waals surface area contributed by atoms with Gasteiger partial charge in [0, 0.05) is 5.41 Å². The predicted molar refractivity (Wildman–Crippen MR) is 245 cm³/mol. The number of aliphatic hydroxyl groups excluding tert-OH is 13. The standard InChI is InChI=1S/C49H82O23/c1-10-47(7,72-46-41(31(54)24(50)17-63-46)71-43-37(60)34(57)29(52)22(5)66-43)14-15-48(8)20(3)16-27(49(9)19(2)12-11-13-26(48)49)69-45-39(62)40(30(53)23(6)67-45)70-44-38(61)35(58)32(55)25(68-44)18-64-42-36(59)33(56)28(51)21(4)65-42/h10,12,20-46,50-62H,1,11,13-18H2,2-9H3/t20-,21+,22+,23+,24+,25-,26-,27+,28+,29+,30+,31+,32-,33-,34-,35+,36-,37-,38-,39-,40-,41-,42-,43+,44+,45+,46+,47-,48+,49+/m1/s1. The molecular formula is C49H82O23. The van der Waals surface area contributed by atoms with Crippen LogP contribution >= 0.6 is 0 Å². The first kappa shape index (κ1) is 58.2. The van der Waals surface area contributed by atoms with Gasteiger partial charge in [0.2, 0.25) is 0 Å². The second-order valence-electron chi connectivity index (χ2n) is 22.1. The first-order valence-corrected chi connectivity index (χ1v) is 25.3. The Balaban J connectivity index is 1.03. The van der Waals surface area contributed by atoms with Gasteiger partial charge in [-0.1, -0.05) is 38.5 Å². The third kappa shape index (κ3) is 11.1. The summed E-state index contributed by atoms with van der Waals surface area (Å²) in [5.74, 6) is -0.0191. The molecule has 23 heteroatoms. The molecule has 416 valence electrons. The minimum absolute atomic E-state index is 0.00387. The zero-order valence-electron chi connectivity index (χ0n) is 42.3. The molecule has 72 heavy (non-hydrogen) atoms. The molecule has 0 aromatic heterocycles. The molecule has 0 amide bonds. The van der Waals surface area contributed by atoms with Crippen LogP contribution in [0.15, 0.2) is 24.3 Å². The molecule has 0 unspecified atom stereocenters. The lowest BCUT2D eigenvalue weighted by Crippen LogP contribution is -2.65. The van der Waals surface area contributed by atoms with Gasteiger partial charge in [0.15, 0.2) is 31.5 Å². The van der Waals surface area contributed by atoms with Gasteiger partial charge in [-0.2, -0.15) is 0 Å². The molecule has 6 fully saturated rings. The first-order valence-electron chi connectivity index (χ1n) is 25.3. The highest BCUT2D eigenvalue weighted by Crippen LogP contribution is 2.63. The molecule has 13 N–H and O–H groups in total. The maximum Gasteiger partial charge on any atom is 0.187 e. The average molecular weight is 1040 g/mol. The van der Waals surface area contributed by atoms with Gasteiger partial charge in [0.25, 0.3) is 0 Å². The van der Waals surface area contributed by atoms with Crippen LogP contribution in [-0.2, 0) is 47.4 Å². The Morgan fingerprint density at radius 3 is 1.78 bits per heavy atom. The maximum absolute atomic E-state index is 11.9. The second-order valence-corrected chi connectivity index (χ2v) is 22.1. The highest BCUT2D eigenvalue weighted by atomic mass is 16.8. The van der Waals surface area contributed by atoms with Gasteiger partial charge in [-0.25, -0.2) is 0 Å². The summed E-state index contributed by atoms with van der Waals surface area (Å²) in [7, 11) is 0. The van der Waals surface area contributed by atoms with E-state index < -0.39 is 171 Å². The highest BCUT2D eigenvalue weighted by Gasteiger charge is 2.61. The van der Waals surface area contributed by atoms with Crippen molar-refractivity contribution in [2.75, 3.05) is 13.2 Å². The summed E-state index contributed by atoms with van der Waals surface area (Å²) < 4.78 is 60.0. The van der Waals surface area contributed by atoms with E-state index in [-0.39, 0.29) is 23.9 Å². The van der Waals surface area contributed by atoms with Crippen molar-refractivity contribution >= 4 is 0 Å². The third-order valence-electron chi connectivity index (χ3n) is 17.4. The van der Waals surface area contributed by atoms with E-state index in [1.54, 1.807) is 13.0 Å². The number of allylic oxidation sites excluding steroid dienone is 1. The predicted octanol–water partition coefficient (Wildman–Crippen LogP) is -2.68. The molecule has 30 atom stereocenters. The van der Waals surface area contributed by atoms with Crippen LogP contribution < -0.4 is 0 Å². The van der Waals surface area contributed by atoms with Crippen LogP contribution in [0, 0.1) is 22.7 Å². The Kier molecular flexibility index (Phi) is 18.5. The minimum atomic E-state index is -1.87. The number of aliphatic hydroxyl groups is 13. The number of rotatable bonds is 15. The van der Waals surface area contributed by atoms with E-state index in [0.717, 1.165) is 18.4 Å². The van der Waals surface area contributed by atoms with Crippen molar-refractivity contribution in [3.05, 3.63) is 24.3 Å². The van der Waals surface area contributed by atoms with Crippen LogP contribution in [0.5, 0.6) is 0 Å². The van der Waals surface area contributed by atoms with Crippen LogP contribution in [0.25, 0.3) is 0 Å². The monoisotopic (exact) mass is 1040 g/mol. The number of ether oxygens (including phenoxy) is 10. The average Bonchev–Trinajstić information content (AvgIpc) is 3.34. The zero-order valence-corrected chi connectivity index (χ0v) is 42.3. The van der Waals surface area contributed by atoms with Crippen molar-refractivity contribution in [2.24, 2.45) is 22.7 Å². The summed E-state index contributed by atoms with van der Waals surface area (Å²) in [5, 5.41) is 140. The van der Waals surface area contributed by atoms with E-state index in [0.29, 0.717) is 19.3 Å². The molecule has 5 heterocycles. The Morgan fingerprint density at radius 1 is 0.639 bits per heavy atom. The van der Waals surface area contributed by atoms with Crippen LogP contribution in [-0.4, -0.2) is 239 Å². The van der Waals surface area contributed by atoms with Crippen LogP contribution in [0.4, 0.5) is 0 Å². The third-order valence-corrected chi connectivity index (χ3v) is 17.4. The van der Waals surface area contributed by atoms with Crippen molar-refractivity contribution in [3.63, 3.8) is 0 Å². The lowest BCUT2D eigenvalue weighted by molar-refractivity contribution is -0.370. The Labute approximate surface area is 419 Å². The SMILES string of the molecule is C=C[C@](C)(CC[C@@]1(C)[C@H](C)C[C@H](O[C@@H]2O[C@@H](C)[C@H](O)[C@@H](O[C@@H]3O[C@H](CO[C@@H]4O[C@@H](C)[C@H](O)[C@@H](O)[C@H]4O)[C@@H](O)[C@H](O)[C@H]3O)[C@H]2O)[C@@]2(C)C(C)=CCC[C@H]12)O[C@@H]1OC[C@H](O)[C@H](O)[C@H]1O[C@@H]1O[C@@H](C)[C@H](O)[C@@H](O)[C@H]1O. The van der Waals surface area contributed by atoms with Crippen LogP contribution in [0.3, 0.4) is 0 Å². The number of hydrogen-bond acceptors (Lipinski definition) is 23. The molecule has 5 aliphatic heterocycles. The van der Waals surface area contributed by atoms with Crippen molar-refractivity contribution in [2.45, 2.75) is 247 Å². The molecular weight excluding hydrogens is 957 g/mol. The summed E-state index contributed by atoms with van der Waals surface area (Å²) >= 11 is 0. The van der Waals surface area contributed by atoms with E-state index in [1.165, 1.54) is 13.8 Å². The number of fused-ring (bicyclic) bond motifs is 1. The molecule has 23 nitrogen and oxygen atoms in total. The van der Waals surface area contributed by atoms with Crippen molar-refractivity contribution in [3.8, 4) is 0 Å². The fraction of sp³-hybridized carbons (Fsp3) is 0.918. The fourth-order valence-electron chi connectivity index (χ4n) is 11.9. The molecule has 0 aromatic rings. The van der Waals surface area contributed by atoms with E-state index >= 15 is 0 Å². The van der Waals surface area contributed by atoms with Gasteiger partial charge >= 0.3 is 0 Å². The fourth-order valence-corrected chi connectivity index (χ4v) is 11.9. The van der Waals surface area contributed by atoms with Gasteiger partial charge < -0.3 is 114 Å². The number of hydrogen-bond donors (Lipinski definition) is 13. The lowest BCUT2D eigenvalue weighted by atomic mass is 9.45. The van der Waals surface area contributed by atoms with Crippen molar-refractivity contribution in [1.29, 1.82) is 0 Å². The van der Waals surface area contributed by atoms with Gasteiger partial charge in [0.1, 0.15) is 97.7 Å². The Bertz CT molecular complexity index is 1830. The van der Waals surface area contributed by atoms with Gasteiger partial charge in [-0.05, 0) is 84.0 Å². The largest absolute Gasteiger partial charge is 0.388 e. The lowest BCUT2D eigenvalue weighted by Gasteiger charge is -2.61. The van der Waals surface area contributed by atoms with E-state index in [2.05, 4.69) is 40.3 Å². The second kappa shape index (κ2) is 22.9. The molecule has 7 rings (SSSR count). The molecule has 0 radical (unpaired) electrons. The minimum Gasteiger partial charge on any atom is -0.388 e. The van der Waals surface area contributed by atoms with Crippen LogP contribution in [0.2, 0.25) is 0 Å². The smallest absolute Gasteiger partial charge is 0.187 e. The van der Waals surface area contributed by atoms with Gasteiger partial charge in [-0.3, -0.25) is 0 Å². The Morgan fingerprint density at radius 2 is 1.17 bits per heavy atom. The van der Waals surface area contributed by atoms with Gasteiger partial charge in [0.05, 0.1) is 43.2 Å². The van der Waals surface area contributed by atoms with E-state index in [9.17, 15) is 66.4 Å². The molecule has 2 aliphatic carbocycles. The Hall–Kier alpha value is -1.44. The normalized spacial score (nSPS) is 53.2. The van der Waals surface area contributed by atoms with E-state index in [1.807, 2.05) is 6.92 Å². The molecule has 1 saturated carbocycles. The summed E-state index contributed by atoms with van der Waals surface area (Å²) in [6, 6.07) is 0. The molecule has 0 spiro atoms. The summed E-state index contributed by atoms with van der Waals surface area (Å²) in [4.78, 5) is 0. The van der Waals surface area contributed by atoms with Crippen LogP contribution in [0.1, 0.15) is 87.5 Å². The van der Waals surface area contributed by atoms with Crippen molar-refractivity contribution < 1.29 is 114 Å². The zero-order chi connectivity index (χ0) is 53.1. The molecule has 7 aliphatic rings. The molecule has 0 aromatic carbocycles. The maximum atomic E-state index is 11.9.